The molecule has 0 aromatic heterocycles. The van der Waals surface area contributed by atoms with Gasteiger partial charge < -0.3 is 9.47 Å². The fourth-order valence-electron chi connectivity index (χ4n) is 1.16. The van der Waals surface area contributed by atoms with Crippen LogP contribution in [0.15, 0.2) is 24.3 Å². The Kier molecular flexibility index (Phi) is 3.85. The fraction of sp³-hybridized carbons (Fsp3) is 0.273. The lowest BCUT2D eigenvalue weighted by Gasteiger charge is -2.08. The van der Waals surface area contributed by atoms with Crippen molar-refractivity contribution in [1.82, 2.24) is 0 Å². The molecule has 1 aromatic rings. The van der Waals surface area contributed by atoms with Gasteiger partial charge in [0.25, 0.3) is 0 Å². The summed E-state index contributed by atoms with van der Waals surface area (Å²) < 4.78 is 9.78. The highest BCUT2D eigenvalue weighted by molar-refractivity contribution is 6.42. The molecule has 0 fully saturated rings. The molecule has 15 heavy (non-hydrogen) atoms. The molecular formula is C11H13NO3. The van der Waals surface area contributed by atoms with Crippen molar-refractivity contribution >= 4 is 11.7 Å². The monoisotopic (exact) mass is 207 g/mol. The van der Waals surface area contributed by atoms with E-state index in [1.807, 2.05) is 0 Å². The summed E-state index contributed by atoms with van der Waals surface area (Å²) in [5.41, 5.74) is 0.257. The summed E-state index contributed by atoms with van der Waals surface area (Å²) in [6.45, 7) is 1.96. The molecule has 0 amide bonds. The van der Waals surface area contributed by atoms with E-state index >= 15 is 0 Å². The van der Waals surface area contributed by atoms with E-state index in [1.54, 1.807) is 31.2 Å². The van der Waals surface area contributed by atoms with Crippen LogP contribution in [0, 0.1) is 5.41 Å². The summed E-state index contributed by atoms with van der Waals surface area (Å²) in [6, 6.07) is 6.87. The number of rotatable bonds is 4. The van der Waals surface area contributed by atoms with E-state index in [2.05, 4.69) is 0 Å². The van der Waals surface area contributed by atoms with Crippen LogP contribution in [0.4, 0.5) is 0 Å². The van der Waals surface area contributed by atoms with Crippen LogP contribution in [0.25, 0.3) is 0 Å². The number of benzene rings is 1. The van der Waals surface area contributed by atoms with Gasteiger partial charge in [-0.3, -0.25) is 5.41 Å². The first-order valence-corrected chi connectivity index (χ1v) is 4.59. The van der Waals surface area contributed by atoms with E-state index in [9.17, 15) is 4.79 Å². The molecule has 0 bridgehead atoms. The highest BCUT2D eigenvalue weighted by atomic mass is 16.5. The third kappa shape index (κ3) is 2.56. The van der Waals surface area contributed by atoms with Gasteiger partial charge in [-0.05, 0) is 19.1 Å². The Bertz CT molecular complexity index is 374. The predicted octanol–water partition coefficient (Wildman–Crippen LogP) is 1.63. The van der Waals surface area contributed by atoms with Crippen LogP contribution in [0.5, 0.6) is 5.75 Å². The largest absolute Gasteiger partial charge is 0.496 e. The van der Waals surface area contributed by atoms with Crippen molar-refractivity contribution in [3.63, 3.8) is 0 Å². The molecule has 0 spiro atoms. The summed E-state index contributed by atoms with van der Waals surface area (Å²) in [7, 11) is 1.50. The van der Waals surface area contributed by atoms with Crippen LogP contribution in [-0.4, -0.2) is 25.4 Å². The number of carbonyl (C=O) groups is 1. The summed E-state index contributed by atoms with van der Waals surface area (Å²) in [5.74, 6) is -0.141. The number of esters is 1. The van der Waals surface area contributed by atoms with Crippen molar-refractivity contribution in [1.29, 1.82) is 5.41 Å². The summed E-state index contributed by atoms with van der Waals surface area (Å²) in [6.07, 6.45) is 0. The average Bonchev–Trinajstić information content (AvgIpc) is 2.28. The third-order valence-corrected chi connectivity index (χ3v) is 1.86. The van der Waals surface area contributed by atoms with Gasteiger partial charge in [-0.2, -0.15) is 0 Å². The first-order chi connectivity index (χ1) is 7.20. The van der Waals surface area contributed by atoms with Gasteiger partial charge in [0.05, 0.1) is 13.7 Å². The molecule has 0 atom stereocenters. The van der Waals surface area contributed by atoms with Crippen LogP contribution >= 0.6 is 0 Å². The average molecular weight is 207 g/mol. The van der Waals surface area contributed by atoms with Crippen molar-refractivity contribution in [2.24, 2.45) is 0 Å². The molecule has 0 saturated carbocycles. The number of ether oxygens (including phenoxy) is 2. The molecule has 1 rings (SSSR count). The first-order valence-electron chi connectivity index (χ1n) is 4.59. The van der Waals surface area contributed by atoms with Crippen molar-refractivity contribution < 1.29 is 14.3 Å². The van der Waals surface area contributed by atoms with Crippen molar-refractivity contribution in [3.8, 4) is 5.75 Å². The molecular weight excluding hydrogens is 194 g/mol. The minimum atomic E-state index is -0.637. The first kappa shape index (κ1) is 11.2. The van der Waals surface area contributed by atoms with Gasteiger partial charge in [0.15, 0.2) is 5.71 Å². The van der Waals surface area contributed by atoms with Crippen LogP contribution in [-0.2, 0) is 9.53 Å². The zero-order chi connectivity index (χ0) is 11.3. The highest BCUT2D eigenvalue weighted by Gasteiger charge is 2.16. The molecule has 0 aliphatic rings. The third-order valence-electron chi connectivity index (χ3n) is 1.86. The Morgan fingerprint density at radius 2 is 2.07 bits per heavy atom. The van der Waals surface area contributed by atoms with Gasteiger partial charge in [0.1, 0.15) is 5.75 Å². The summed E-state index contributed by atoms with van der Waals surface area (Å²) >= 11 is 0. The van der Waals surface area contributed by atoms with E-state index in [4.69, 9.17) is 14.9 Å². The number of hydrogen-bond acceptors (Lipinski definition) is 4. The molecule has 0 aliphatic carbocycles. The number of para-hydroxylation sites is 1. The lowest BCUT2D eigenvalue weighted by atomic mass is 10.1. The number of carbonyl (C=O) groups excluding carboxylic acids is 1. The second-order valence-corrected chi connectivity index (χ2v) is 2.80. The molecule has 4 heteroatoms. The Labute approximate surface area is 88.3 Å². The second kappa shape index (κ2) is 5.14. The maximum Gasteiger partial charge on any atom is 0.356 e. The van der Waals surface area contributed by atoms with Gasteiger partial charge in [-0.1, -0.05) is 12.1 Å². The molecule has 0 unspecified atom stereocenters. The Morgan fingerprint density at radius 3 is 2.67 bits per heavy atom. The minimum absolute atomic E-state index is 0.186. The summed E-state index contributed by atoms with van der Waals surface area (Å²) in [4.78, 5) is 11.3. The summed E-state index contributed by atoms with van der Waals surface area (Å²) in [5, 5.41) is 7.63. The maximum absolute atomic E-state index is 11.3. The molecule has 0 saturated heterocycles. The highest BCUT2D eigenvalue weighted by Crippen LogP contribution is 2.17. The van der Waals surface area contributed by atoms with Gasteiger partial charge in [-0.25, -0.2) is 4.79 Å². The maximum atomic E-state index is 11.3. The van der Waals surface area contributed by atoms with Crippen LogP contribution in [0.1, 0.15) is 12.5 Å². The van der Waals surface area contributed by atoms with Crippen molar-refractivity contribution in [2.75, 3.05) is 13.7 Å². The van der Waals surface area contributed by atoms with Crippen molar-refractivity contribution in [2.45, 2.75) is 6.92 Å². The topological polar surface area (TPSA) is 59.4 Å². The molecule has 80 valence electrons. The van der Waals surface area contributed by atoms with E-state index in [-0.39, 0.29) is 12.3 Å². The van der Waals surface area contributed by atoms with Gasteiger partial charge in [0, 0.05) is 5.56 Å². The molecule has 1 N–H and O–H groups in total. The Hall–Kier alpha value is -1.84. The fourth-order valence-corrected chi connectivity index (χ4v) is 1.16. The zero-order valence-electron chi connectivity index (χ0n) is 8.74. The molecule has 1 aromatic carbocycles. The molecule has 4 nitrogen and oxygen atoms in total. The second-order valence-electron chi connectivity index (χ2n) is 2.80. The van der Waals surface area contributed by atoms with Gasteiger partial charge >= 0.3 is 5.97 Å². The minimum Gasteiger partial charge on any atom is -0.496 e. The van der Waals surface area contributed by atoms with E-state index in [1.165, 1.54) is 7.11 Å². The lowest BCUT2D eigenvalue weighted by molar-refractivity contribution is -0.135. The lowest BCUT2D eigenvalue weighted by Crippen LogP contribution is -2.18. The smallest absolute Gasteiger partial charge is 0.356 e. The molecule has 0 aliphatic heterocycles. The van der Waals surface area contributed by atoms with E-state index < -0.39 is 5.97 Å². The number of nitrogens with one attached hydrogen (secondary N) is 1. The molecule has 0 radical (unpaired) electrons. The van der Waals surface area contributed by atoms with Gasteiger partial charge in [-0.15, -0.1) is 0 Å². The zero-order valence-corrected chi connectivity index (χ0v) is 8.74. The SMILES string of the molecule is CCOC(=O)C(=N)c1ccccc1OC. The molecule has 0 heterocycles. The van der Waals surface area contributed by atoms with E-state index in [0.29, 0.717) is 11.3 Å². The van der Waals surface area contributed by atoms with Gasteiger partial charge in [0.2, 0.25) is 0 Å². The standard InChI is InChI=1S/C11H13NO3/c1-3-15-11(13)10(12)8-6-4-5-7-9(8)14-2/h4-7,12H,3H2,1-2H3. The number of methoxy groups -OCH3 is 1. The number of hydrogen-bond donors (Lipinski definition) is 1. The predicted molar refractivity (Wildman–Crippen MR) is 56.5 cm³/mol. The van der Waals surface area contributed by atoms with Crippen LogP contribution in [0.2, 0.25) is 0 Å². The van der Waals surface area contributed by atoms with Crippen LogP contribution in [0.3, 0.4) is 0 Å². The van der Waals surface area contributed by atoms with Crippen molar-refractivity contribution in [3.05, 3.63) is 29.8 Å². The van der Waals surface area contributed by atoms with E-state index in [0.717, 1.165) is 0 Å². The Morgan fingerprint density at radius 1 is 1.40 bits per heavy atom. The Balaban J connectivity index is 2.95. The van der Waals surface area contributed by atoms with Crippen LogP contribution < -0.4 is 4.74 Å². The quantitative estimate of drug-likeness (QED) is 0.603. The normalized spacial score (nSPS) is 9.47.